The predicted octanol–water partition coefficient (Wildman–Crippen LogP) is 6.96. The molecule has 0 aromatic heterocycles. The Hall–Kier alpha value is -1.88. The normalized spacial score (nSPS) is 26.2. The van der Waals surface area contributed by atoms with Crippen molar-refractivity contribution < 1.29 is 14.6 Å². The maximum absolute atomic E-state index is 12.1. The van der Waals surface area contributed by atoms with E-state index in [-0.39, 0.29) is 17.6 Å². The average Bonchev–Trinajstić information content (AvgIpc) is 3.66. The zero-order valence-electron chi connectivity index (χ0n) is 22.8. The number of likely N-dealkylation sites (tertiary alicyclic amines) is 1. The summed E-state index contributed by atoms with van der Waals surface area (Å²) in [6, 6.07) is 20.6. The number of rotatable bonds is 11. The summed E-state index contributed by atoms with van der Waals surface area (Å²) in [6.07, 6.45) is 13.2. The number of piperidine rings is 1. The first-order valence-corrected chi connectivity index (χ1v) is 15.0. The standard InChI is InChI=1S/C33H47NO3/c1-2-13-27-20-23-34(32(21-11-12-22-32)25-36-30-18-7-4-8-19-30)24-31(27)37-26-33(35,29-16-9-10-17-29)28-14-5-3-6-15-28/h3-8,14-15,18-19,27,29,31,35H,2,9-13,16-17,20-26H2,1H3. The van der Waals surface area contributed by atoms with Crippen LogP contribution in [0.1, 0.15) is 83.1 Å². The first-order chi connectivity index (χ1) is 18.1. The Balaban J connectivity index is 1.31. The fourth-order valence-electron chi connectivity index (χ4n) is 7.41. The first-order valence-electron chi connectivity index (χ1n) is 15.0. The van der Waals surface area contributed by atoms with Crippen LogP contribution in [0, 0.1) is 11.8 Å². The molecule has 4 heteroatoms. The van der Waals surface area contributed by atoms with Crippen LogP contribution in [0.2, 0.25) is 0 Å². The third kappa shape index (κ3) is 6.08. The molecule has 3 fully saturated rings. The Labute approximate surface area is 224 Å². The number of hydrogen-bond donors (Lipinski definition) is 1. The van der Waals surface area contributed by atoms with Crippen LogP contribution in [0.15, 0.2) is 60.7 Å². The van der Waals surface area contributed by atoms with Crippen molar-refractivity contribution >= 4 is 0 Å². The lowest BCUT2D eigenvalue weighted by molar-refractivity contribution is -0.143. The van der Waals surface area contributed by atoms with Crippen LogP contribution in [0.5, 0.6) is 5.75 Å². The third-order valence-corrected chi connectivity index (χ3v) is 9.63. The maximum atomic E-state index is 12.1. The van der Waals surface area contributed by atoms with E-state index in [1.807, 2.05) is 24.3 Å². The van der Waals surface area contributed by atoms with Crippen LogP contribution in [0.4, 0.5) is 0 Å². The molecule has 3 unspecified atom stereocenters. The Bertz CT molecular complexity index is 939. The molecule has 2 saturated carbocycles. The summed E-state index contributed by atoms with van der Waals surface area (Å²) >= 11 is 0. The summed E-state index contributed by atoms with van der Waals surface area (Å²) in [5, 5.41) is 12.1. The third-order valence-electron chi connectivity index (χ3n) is 9.63. The van der Waals surface area contributed by atoms with Gasteiger partial charge >= 0.3 is 0 Å². The molecule has 2 aromatic rings. The van der Waals surface area contributed by atoms with Crippen LogP contribution >= 0.6 is 0 Å². The van der Waals surface area contributed by atoms with Crippen molar-refractivity contribution in [2.24, 2.45) is 11.8 Å². The second-order valence-electron chi connectivity index (χ2n) is 11.9. The van der Waals surface area contributed by atoms with E-state index in [4.69, 9.17) is 9.47 Å². The summed E-state index contributed by atoms with van der Waals surface area (Å²) in [5.41, 5.74) is 0.207. The van der Waals surface area contributed by atoms with Crippen LogP contribution in [0.25, 0.3) is 0 Å². The summed E-state index contributed by atoms with van der Waals surface area (Å²) < 4.78 is 13.2. The lowest BCUT2D eigenvalue weighted by Gasteiger charge is -2.48. The van der Waals surface area contributed by atoms with Crippen molar-refractivity contribution in [2.45, 2.75) is 94.8 Å². The van der Waals surface area contributed by atoms with Gasteiger partial charge in [-0.1, -0.05) is 87.6 Å². The zero-order chi connectivity index (χ0) is 25.6. The number of aliphatic hydroxyl groups is 1. The molecule has 4 nitrogen and oxygen atoms in total. The molecule has 2 aliphatic carbocycles. The van der Waals surface area contributed by atoms with Gasteiger partial charge in [-0.25, -0.2) is 0 Å². The molecule has 3 atom stereocenters. The Kier molecular flexibility index (Phi) is 8.89. The fourth-order valence-corrected chi connectivity index (χ4v) is 7.41. The van der Waals surface area contributed by atoms with E-state index in [0.717, 1.165) is 43.9 Å². The summed E-state index contributed by atoms with van der Waals surface area (Å²) in [4.78, 5) is 2.71. The molecule has 37 heavy (non-hydrogen) atoms. The minimum absolute atomic E-state index is 0.0931. The van der Waals surface area contributed by atoms with Crippen LogP contribution in [-0.2, 0) is 10.3 Å². The monoisotopic (exact) mass is 505 g/mol. The van der Waals surface area contributed by atoms with Crippen molar-refractivity contribution in [1.82, 2.24) is 4.90 Å². The van der Waals surface area contributed by atoms with Gasteiger partial charge < -0.3 is 14.6 Å². The molecule has 1 saturated heterocycles. The lowest BCUT2D eigenvalue weighted by atomic mass is 9.80. The quantitative estimate of drug-likeness (QED) is 0.358. The predicted molar refractivity (Wildman–Crippen MR) is 150 cm³/mol. The van der Waals surface area contributed by atoms with Crippen molar-refractivity contribution in [3.05, 3.63) is 66.2 Å². The lowest BCUT2D eigenvalue weighted by Crippen LogP contribution is -2.58. The molecule has 2 aromatic carbocycles. The number of para-hydroxylation sites is 1. The van der Waals surface area contributed by atoms with E-state index >= 15 is 0 Å². The highest BCUT2D eigenvalue weighted by Gasteiger charge is 2.46. The molecule has 0 amide bonds. The van der Waals surface area contributed by atoms with Gasteiger partial charge in [0.05, 0.1) is 18.2 Å². The molecule has 5 rings (SSSR count). The molecule has 1 aliphatic heterocycles. The van der Waals surface area contributed by atoms with Crippen molar-refractivity contribution in [3.63, 3.8) is 0 Å². The van der Waals surface area contributed by atoms with Gasteiger partial charge in [-0.3, -0.25) is 4.90 Å². The van der Waals surface area contributed by atoms with E-state index in [1.54, 1.807) is 0 Å². The smallest absolute Gasteiger partial charge is 0.119 e. The van der Waals surface area contributed by atoms with Gasteiger partial charge in [-0.05, 0) is 74.6 Å². The largest absolute Gasteiger partial charge is 0.492 e. The second-order valence-corrected chi connectivity index (χ2v) is 11.9. The molecular formula is C33H47NO3. The van der Waals surface area contributed by atoms with Gasteiger partial charge in [0.25, 0.3) is 0 Å². The molecule has 0 radical (unpaired) electrons. The number of hydrogen-bond acceptors (Lipinski definition) is 4. The highest BCUT2D eigenvalue weighted by molar-refractivity contribution is 5.24. The Morgan fingerprint density at radius 1 is 0.919 bits per heavy atom. The minimum atomic E-state index is -0.904. The molecule has 3 aliphatic rings. The summed E-state index contributed by atoms with van der Waals surface area (Å²) in [6.45, 7) is 5.49. The van der Waals surface area contributed by atoms with Gasteiger partial charge in [-0.15, -0.1) is 0 Å². The SMILES string of the molecule is CCCC1CCN(C2(COc3ccccc3)CCCC2)CC1OCC(O)(c1ccccc1)C1CCCC1. The van der Waals surface area contributed by atoms with E-state index < -0.39 is 5.60 Å². The number of nitrogens with zero attached hydrogens (tertiary/aromatic N) is 1. The van der Waals surface area contributed by atoms with Crippen LogP contribution in [0.3, 0.4) is 0 Å². The minimum Gasteiger partial charge on any atom is -0.492 e. The van der Waals surface area contributed by atoms with Crippen LogP contribution in [-0.4, -0.2) is 48.0 Å². The highest BCUT2D eigenvalue weighted by Crippen LogP contribution is 2.43. The molecule has 0 bridgehead atoms. The number of benzene rings is 2. The molecular weight excluding hydrogens is 458 g/mol. The van der Waals surface area contributed by atoms with E-state index in [2.05, 4.69) is 48.2 Å². The van der Waals surface area contributed by atoms with Gasteiger partial charge in [-0.2, -0.15) is 0 Å². The highest BCUT2D eigenvalue weighted by atomic mass is 16.5. The van der Waals surface area contributed by atoms with Crippen molar-refractivity contribution in [3.8, 4) is 5.75 Å². The maximum Gasteiger partial charge on any atom is 0.119 e. The molecule has 202 valence electrons. The van der Waals surface area contributed by atoms with Crippen molar-refractivity contribution in [2.75, 3.05) is 26.3 Å². The van der Waals surface area contributed by atoms with Gasteiger partial charge in [0.2, 0.25) is 0 Å². The zero-order valence-corrected chi connectivity index (χ0v) is 22.8. The van der Waals surface area contributed by atoms with Gasteiger partial charge in [0.1, 0.15) is 18.0 Å². The van der Waals surface area contributed by atoms with Gasteiger partial charge in [0, 0.05) is 6.54 Å². The van der Waals surface area contributed by atoms with E-state index in [0.29, 0.717) is 12.5 Å². The molecule has 1 N–H and O–H groups in total. The van der Waals surface area contributed by atoms with Crippen molar-refractivity contribution in [1.29, 1.82) is 0 Å². The van der Waals surface area contributed by atoms with Crippen LogP contribution < -0.4 is 4.74 Å². The first kappa shape index (κ1) is 26.7. The summed E-state index contributed by atoms with van der Waals surface area (Å²) in [7, 11) is 0. The molecule has 1 heterocycles. The topological polar surface area (TPSA) is 41.9 Å². The van der Waals surface area contributed by atoms with E-state index in [9.17, 15) is 5.11 Å². The second kappa shape index (κ2) is 12.3. The average molecular weight is 506 g/mol. The Morgan fingerprint density at radius 3 is 2.27 bits per heavy atom. The molecule has 0 spiro atoms. The fraction of sp³-hybridized carbons (Fsp3) is 0.636. The van der Waals surface area contributed by atoms with E-state index in [1.165, 1.54) is 57.8 Å². The van der Waals surface area contributed by atoms with Gasteiger partial charge in [0.15, 0.2) is 0 Å². The number of ether oxygens (including phenoxy) is 2. The summed E-state index contributed by atoms with van der Waals surface area (Å²) in [5.74, 6) is 1.80. The Morgan fingerprint density at radius 2 is 1.59 bits per heavy atom.